The van der Waals surface area contributed by atoms with Crippen LogP contribution in [0.2, 0.25) is 0 Å². The van der Waals surface area contributed by atoms with Crippen molar-refractivity contribution in [3.63, 3.8) is 0 Å². The summed E-state index contributed by atoms with van der Waals surface area (Å²) in [6, 6.07) is 0. The molecule has 3 N–H and O–H groups in total. The second-order valence-electron chi connectivity index (χ2n) is 5.41. The maximum Gasteiger partial charge on any atom is 0.126 e. The van der Waals surface area contributed by atoms with Crippen LogP contribution in [-0.2, 0) is 5.54 Å². The Bertz CT molecular complexity index is 340. The van der Waals surface area contributed by atoms with Crippen LogP contribution in [0.15, 0.2) is 0 Å². The van der Waals surface area contributed by atoms with E-state index in [2.05, 4.69) is 23.8 Å². The molecule has 0 aromatic carbocycles. The molecule has 0 aliphatic heterocycles. The number of rotatable bonds is 2. The number of nitrogens with one attached hydrogen (secondary N) is 1. The molecule has 16 heavy (non-hydrogen) atoms. The van der Waals surface area contributed by atoms with Crippen molar-refractivity contribution in [1.82, 2.24) is 9.97 Å². The van der Waals surface area contributed by atoms with Gasteiger partial charge in [-0.2, -0.15) is 0 Å². The van der Waals surface area contributed by atoms with Crippen molar-refractivity contribution in [3.05, 3.63) is 17.2 Å². The summed E-state index contributed by atoms with van der Waals surface area (Å²) in [5, 5.41) is 0. The topological polar surface area (TPSA) is 54.7 Å². The molecule has 0 radical (unpaired) electrons. The Morgan fingerprint density at radius 2 is 1.88 bits per heavy atom. The van der Waals surface area contributed by atoms with Gasteiger partial charge in [0.1, 0.15) is 5.82 Å². The van der Waals surface area contributed by atoms with Crippen molar-refractivity contribution in [3.8, 4) is 0 Å². The molecule has 1 saturated carbocycles. The highest BCUT2D eigenvalue weighted by Crippen LogP contribution is 2.36. The number of imidazole rings is 1. The maximum atomic E-state index is 6.50. The Hall–Kier alpha value is -0.830. The van der Waals surface area contributed by atoms with Crippen molar-refractivity contribution in [1.29, 1.82) is 0 Å². The van der Waals surface area contributed by atoms with Gasteiger partial charge in [-0.3, -0.25) is 0 Å². The Labute approximate surface area is 97.8 Å². The minimum Gasteiger partial charge on any atom is -0.344 e. The molecule has 0 saturated heterocycles. The quantitative estimate of drug-likeness (QED) is 0.806. The van der Waals surface area contributed by atoms with Crippen LogP contribution in [0.3, 0.4) is 0 Å². The van der Waals surface area contributed by atoms with E-state index in [-0.39, 0.29) is 5.54 Å². The molecule has 0 amide bonds. The third kappa shape index (κ3) is 2.01. The van der Waals surface area contributed by atoms with Gasteiger partial charge in [0.2, 0.25) is 0 Å². The Morgan fingerprint density at radius 1 is 1.25 bits per heavy atom. The van der Waals surface area contributed by atoms with Gasteiger partial charge in [-0.05, 0) is 39.5 Å². The molecule has 3 heteroatoms. The highest BCUT2D eigenvalue weighted by molar-refractivity contribution is 5.17. The monoisotopic (exact) mass is 221 g/mol. The summed E-state index contributed by atoms with van der Waals surface area (Å²) >= 11 is 0. The summed E-state index contributed by atoms with van der Waals surface area (Å²) < 4.78 is 0. The number of aromatic amines is 1. The average molecular weight is 221 g/mol. The number of hydrogen-bond acceptors (Lipinski definition) is 2. The van der Waals surface area contributed by atoms with Crippen molar-refractivity contribution < 1.29 is 0 Å². The van der Waals surface area contributed by atoms with E-state index in [0.717, 1.165) is 17.2 Å². The molecule has 0 spiro atoms. The third-order valence-electron chi connectivity index (χ3n) is 4.09. The molecule has 1 unspecified atom stereocenters. The molecule has 3 nitrogen and oxygen atoms in total. The highest BCUT2D eigenvalue weighted by atomic mass is 15.0. The molecular formula is C13H23N3. The van der Waals surface area contributed by atoms with Crippen LogP contribution in [0.25, 0.3) is 0 Å². The smallest absolute Gasteiger partial charge is 0.126 e. The number of nitrogens with zero attached hydrogens (tertiary/aromatic N) is 1. The Morgan fingerprint density at radius 3 is 2.38 bits per heavy atom. The van der Waals surface area contributed by atoms with Gasteiger partial charge >= 0.3 is 0 Å². The van der Waals surface area contributed by atoms with E-state index < -0.39 is 0 Å². The van der Waals surface area contributed by atoms with E-state index >= 15 is 0 Å². The molecule has 1 heterocycles. The maximum absolute atomic E-state index is 6.50. The van der Waals surface area contributed by atoms with Crippen molar-refractivity contribution in [2.45, 2.75) is 58.4 Å². The van der Waals surface area contributed by atoms with E-state index in [4.69, 9.17) is 5.73 Å². The number of nitrogens with two attached hydrogens (primary N) is 1. The van der Waals surface area contributed by atoms with Crippen molar-refractivity contribution >= 4 is 0 Å². The zero-order valence-electron chi connectivity index (χ0n) is 10.6. The second-order valence-corrected chi connectivity index (χ2v) is 5.41. The predicted molar refractivity (Wildman–Crippen MR) is 66.2 cm³/mol. The number of aromatic nitrogens is 2. The van der Waals surface area contributed by atoms with E-state index in [9.17, 15) is 0 Å². The van der Waals surface area contributed by atoms with Gasteiger partial charge in [-0.1, -0.05) is 19.3 Å². The SMILES string of the molecule is Cc1nc(C(C)(N)C2CCCCC2)[nH]c1C. The van der Waals surface area contributed by atoms with Crippen LogP contribution in [0.4, 0.5) is 0 Å². The first-order valence-electron chi connectivity index (χ1n) is 6.34. The molecule has 1 aliphatic carbocycles. The fraction of sp³-hybridized carbons (Fsp3) is 0.769. The molecule has 1 aromatic rings. The molecule has 1 aromatic heterocycles. The molecular weight excluding hydrogens is 198 g/mol. The van der Waals surface area contributed by atoms with Gasteiger partial charge in [0, 0.05) is 5.69 Å². The Kier molecular flexibility index (Phi) is 3.06. The molecule has 2 rings (SSSR count). The molecule has 90 valence electrons. The first-order valence-corrected chi connectivity index (χ1v) is 6.34. The number of hydrogen-bond donors (Lipinski definition) is 2. The van der Waals surface area contributed by atoms with Gasteiger partial charge < -0.3 is 10.7 Å². The van der Waals surface area contributed by atoms with Crippen LogP contribution < -0.4 is 5.73 Å². The summed E-state index contributed by atoms with van der Waals surface area (Å²) in [7, 11) is 0. The van der Waals surface area contributed by atoms with Gasteiger partial charge in [0.05, 0.1) is 11.2 Å². The second kappa shape index (κ2) is 4.21. The lowest BCUT2D eigenvalue weighted by Gasteiger charge is -2.35. The summed E-state index contributed by atoms with van der Waals surface area (Å²) in [5.74, 6) is 1.54. The van der Waals surface area contributed by atoms with E-state index in [1.54, 1.807) is 0 Å². The van der Waals surface area contributed by atoms with E-state index in [1.165, 1.54) is 32.1 Å². The van der Waals surface area contributed by atoms with Gasteiger partial charge in [-0.25, -0.2) is 4.98 Å². The van der Waals surface area contributed by atoms with Gasteiger partial charge in [0.25, 0.3) is 0 Å². The van der Waals surface area contributed by atoms with Gasteiger partial charge in [-0.15, -0.1) is 0 Å². The van der Waals surface area contributed by atoms with Crippen molar-refractivity contribution in [2.75, 3.05) is 0 Å². The van der Waals surface area contributed by atoms with E-state index in [0.29, 0.717) is 5.92 Å². The number of H-pyrrole nitrogens is 1. The summed E-state index contributed by atoms with van der Waals surface area (Å²) in [6.45, 7) is 6.22. The van der Waals surface area contributed by atoms with Gasteiger partial charge in [0.15, 0.2) is 0 Å². The van der Waals surface area contributed by atoms with Crippen LogP contribution >= 0.6 is 0 Å². The predicted octanol–water partition coefficient (Wildman–Crippen LogP) is 2.78. The molecule has 0 bridgehead atoms. The normalized spacial score (nSPS) is 22.0. The minimum absolute atomic E-state index is 0.292. The van der Waals surface area contributed by atoms with Crippen LogP contribution in [0, 0.1) is 19.8 Å². The first-order chi connectivity index (χ1) is 7.51. The van der Waals surface area contributed by atoms with Crippen LogP contribution in [0.5, 0.6) is 0 Å². The third-order valence-corrected chi connectivity index (χ3v) is 4.09. The standard InChI is InChI=1S/C13H23N3/c1-9-10(2)16-12(15-9)13(3,14)11-7-5-4-6-8-11/h11H,4-8,14H2,1-3H3,(H,15,16). The van der Waals surface area contributed by atoms with E-state index in [1.807, 2.05) is 6.92 Å². The molecule has 1 fully saturated rings. The Balaban J connectivity index is 2.22. The molecule has 1 aliphatic rings. The minimum atomic E-state index is -0.292. The van der Waals surface area contributed by atoms with Crippen LogP contribution in [-0.4, -0.2) is 9.97 Å². The lowest BCUT2D eigenvalue weighted by Crippen LogP contribution is -2.43. The average Bonchev–Trinajstić information content (AvgIpc) is 2.61. The highest BCUT2D eigenvalue weighted by Gasteiger charge is 2.35. The lowest BCUT2D eigenvalue weighted by atomic mass is 9.76. The number of aryl methyl sites for hydroxylation is 2. The summed E-state index contributed by atoms with van der Waals surface area (Å²) in [4.78, 5) is 7.92. The first kappa shape index (κ1) is 11.6. The van der Waals surface area contributed by atoms with Crippen molar-refractivity contribution in [2.24, 2.45) is 11.7 Å². The lowest BCUT2D eigenvalue weighted by molar-refractivity contribution is 0.215. The fourth-order valence-electron chi connectivity index (χ4n) is 2.70. The van der Waals surface area contributed by atoms with Crippen LogP contribution in [0.1, 0.15) is 56.2 Å². The summed E-state index contributed by atoms with van der Waals surface area (Å²) in [5.41, 5.74) is 8.42. The molecule has 1 atom stereocenters. The summed E-state index contributed by atoms with van der Waals surface area (Å²) in [6.07, 6.45) is 6.48. The largest absolute Gasteiger partial charge is 0.344 e. The zero-order valence-corrected chi connectivity index (χ0v) is 10.6. The zero-order chi connectivity index (χ0) is 11.8. The fourth-order valence-corrected chi connectivity index (χ4v) is 2.70.